The van der Waals surface area contributed by atoms with Crippen LogP contribution in [0.1, 0.15) is 24.8 Å². The molecule has 2 aromatic carbocycles. The molecule has 0 aromatic heterocycles. The van der Waals surface area contributed by atoms with Gasteiger partial charge in [-0.05, 0) is 42.7 Å². The molecule has 0 radical (unpaired) electrons. The first-order valence-corrected chi connectivity index (χ1v) is 10.6. The molecule has 1 amide bonds. The number of ether oxygens (including phenoxy) is 1. The van der Waals surface area contributed by atoms with Gasteiger partial charge < -0.3 is 10.1 Å². The summed E-state index contributed by atoms with van der Waals surface area (Å²) in [4.78, 5) is 12.8. The molecule has 2 aliphatic rings. The van der Waals surface area contributed by atoms with Crippen molar-refractivity contribution in [3.05, 3.63) is 54.1 Å². The van der Waals surface area contributed by atoms with E-state index in [1.807, 2.05) is 24.3 Å². The van der Waals surface area contributed by atoms with Crippen LogP contribution in [0.5, 0.6) is 5.75 Å². The number of nitrogens with one attached hydrogen (secondary N) is 1. The summed E-state index contributed by atoms with van der Waals surface area (Å²) in [5.41, 5.74) is 1.46. The maximum Gasteiger partial charge on any atom is 0.265 e. The summed E-state index contributed by atoms with van der Waals surface area (Å²) < 4.78 is 32.9. The number of amides is 1. The van der Waals surface area contributed by atoms with Crippen LogP contribution in [0.15, 0.2) is 53.4 Å². The van der Waals surface area contributed by atoms with Crippen LogP contribution >= 0.6 is 0 Å². The number of hydrogen-bond acceptors (Lipinski definition) is 4. The second-order valence-electron chi connectivity index (χ2n) is 6.90. The normalized spacial score (nSPS) is 19.9. The summed E-state index contributed by atoms with van der Waals surface area (Å²) >= 11 is 0. The monoisotopic (exact) mass is 386 g/mol. The van der Waals surface area contributed by atoms with Gasteiger partial charge in [-0.2, -0.15) is 4.31 Å². The fourth-order valence-corrected chi connectivity index (χ4v) is 5.10. The molecule has 1 fully saturated rings. The summed E-state index contributed by atoms with van der Waals surface area (Å²) in [6.07, 6.45) is 2.73. The number of benzene rings is 2. The fraction of sp³-hybridized carbons (Fsp3) is 0.350. The summed E-state index contributed by atoms with van der Waals surface area (Å²) in [5, 5.41) is 2.79. The predicted molar refractivity (Wildman–Crippen MR) is 102 cm³/mol. The highest BCUT2D eigenvalue weighted by Gasteiger charge is 2.30. The van der Waals surface area contributed by atoms with Gasteiger partial charge in [0.05, 0.1) is 4.90 Å². The standard InChI is InChI=1S/C20H22N2O4S/c23-20(19-13-15-7-2-3-10-18(15)26-19)21-16-8-6-9-17(14-16)27(24,25)22-11-4-1-5-12-22/h2-3,6-10,14,19H,1,4-5,11-13H2,(H,21,23)/t19-/m1/s1. The Balaban J connectivity index is 1.47. The van der Waals surface area contributed by atoms with Gasteiger partial charge in [-0.1, -0.05) is 30.7 Å². The average Bonchev–Trinajstić information content (AvgIpc) is 3.13. The van der Waals surface area contributed by atoms with E-state index < -0.39 is 16.1 Å². The summed E-state index contributed by atoms with van der Waals surface area (Å²) in [5.74, 6) is 0.442. The third-order valence-corrected chi connectivity index (χ3v) is 6.89. The molecule has 0 bridgehead atoms. The lowest BCUT2D eigenvalue weighted by molar-refractivity contribution is -0.122. The maximum absolute atomic E-state index is 12.8. The molecule has 1 atom stereocenters. The Bertz CT molecular complexity index is 927. The molecular weight excluding hydrogens is 364 g/mol. The zero-order chi connectivity index (χ0) is 18.9. The van der Waals surface area contributed by atoms with Crippen LogP contribution < -0.4 is 10.1 Å². The molecule has 27 heavy (non-hydrogen) atoms. The number of piperidine rings is 1. The first-order valence-electron chi connectivity index (χ1n) is 9.20. The van der Waals surface area contributed by atoms with Gasteiger partial charge in [0, 0.05) is 25.2 Å². The second kappa shape index (κ2) is 7.32. The fourth-order valence-electron chi connectivity index (χ4n) is 3.54. The van der Waals surface area contributed by atoms with Crippen LogP contribution in [0, 0.1) is 0 Å². The molecule has 0 saturated carbocycles. The van der Waals surface area contributed by atoms with Gasteiger partial charge in [0.1, 0.15) is 5.75 Å². The van der Waals surface area contributed by atoms with Crippen LogP contribution in [0.3, 0.4) is 0 Å². The van der Waals surface area contributed by atoms with Gasteiger partial charge in [0.25, 0.3) is 5.91 Å². The molecule has 1 N–H and O–H groups in total. The van der Waals surface area contributed by atoms with Crippen molar-refractivity contribution in [3.8, 4) is 5.75 Å². The van der Waals surface area contributed by atoms with Crippen molar-refractivity contribution in [2.75, 3.05) is 18.4 Å². The Kier molecular flexibility index (Phi) is 4.88. The Morgan fingerprint density at radius 3 is 2.59 bits per heavy atom. The van der Waals surface area contributed by atoms with E-state index in [0.717, 1.165) is 30.6 Å². The van der Waals surface area contributed by atoms with Crippen molar-refractivity contribution in [2.45, 2.75) is 36.7 Å². The van der Waals surface area contributed by atoms with Gasteiger partial charge >= 0.3 is 0 Å². The Hall–Kier alpha value is -2.38. The summed E-state index contributed by atoms with van der Waals surface area (Å²) in [6, 6.07) is 14.0. The minimum absolute atomic E-state index is 0.206. The molecule has 0 spiro atoms. The minimum Gasteiger partial charge on any atom is -0.480 e. The van der Waals surface area contributed by atoms with E-state index in [4.69, 9.17) is 4.74 Å². The van der Waals surface area contributed by atoms with Gasteiger partial charge in [-0.15, -0.1) is 0 Å². The number of sulfonamides is 1. The molecule has 6 nitrogen and oxygen atoms in total. The third-order valence-electron chi connectivity index (χ3n) is 4.99. The molecule has 0 aliphatic carbocycles. The molecule has 7 heteroatoms. The van der Waals surface area contributed by atoms with Crippen LogP contribution in [0.25, 0.3) is 0 Å². The highest BCUT2D eigenvalue weighted by molar-refractivity contribution is 7.89. The largest absolute Gasteiger partial charge is 0.480 e. The molecular formula is C20H22N2O4S. The Morgan fingerprint density at radius 1 is 1.04 bits per heavy atom. The molecule has 2 heterocycles. The number of carbonyl (C=O) groups is 1. The zero-order valence-electron chi connectivity index (χ0n) is 14.9. The van der Waals surface area contributed by atoms with E-state index in [9.17, 15) is 13.2 Å². The molecule has 4 rings (SSSR count). The van der Waals surface area contributed by atoms with Crippen molar-refractivity contribution in [1.82, 2.24) is 4.31 Å². The third kappa shape index (κ3) is 3.70. The molecule has 2 aliphatic heterocycles. The molecule has 142 valence electrons. The van der Waals surface area contributed by atoms with Crippen LogP contribution in [-0.4, -0.2) is 37.8 Å². The smallest absolute Gasteiger partial charge is 0.265 e. The SMILES string of the molecule is O=C(Nc1cccc(S(=O)(=O)N2CCCCC2)c1)[C@H]1Cc2ccccc2O1. The van der Waals surface area contributed by atoms with Gasteiger partial charge in [0.2, 0.25) is 10.0 Å². The number of carbonyl (C=O) groups excluding carboxylic acids is 1. The van der Waals surface area contributed by atoms with E-state index in [-0.39, 0.29) is 10.8 Å². The van der Waals surface area contributed by atoms with Crippen molar-refractivity contribution < 1.29 is 17.9 Å². The quantitative estimate of drug-likeness (QED) is 0.877. The van der Waals surface area contributed by atoms with Crippen LogP contribution in [0.4, 0.5) is 5.69 Å². The number of hydrogen-bond donors (Lipinski definition) is 1. The number of anilines is 1. The average molecular weight is 386 g/mol. The van der Waals surface area contributed by atoms with Gasteiger partial charge in [-0.25, -0.2) is 8.42 Å². The van der Waals surface area contributed by atoms with Gasteiger partial charge in [-0.3, -0.25) is 4.79 Å². The first kappa shape index (κ1) is 18.0. The zero-order valence-corrected chi connectivity index (χ0v) is 15.7. The van der Waals surface area contributed by atoms with Crippen molar-refractivity contribution in [3.63, 3.8) is 0 Å². The Labute approximate surface area is 159 Å². The maximum atomic E-state index is 12.8. The van der Waals surface area contributed by atoms with E-state index in [0.29, 0.717) is 25.2 Å². The lowest BCUT2D eigenvalue weighted by atomic mass is 10.1. The number of para-hydroxylation sites is 1. The van der Waals surface area contributed by atoms with E-state index in [1.165, 1.54) is 10.4 Å². The predicted octanol–water partition coefficient (Wildman–Crippen LogP) is 2.80. The van der Waals surface area contributed by atoms with Crippen LogP contribution in [0.2, 0.25) is 0 Å². The topological polar surface area (TPSA) is 75.7 Å². The van der Waals surface area contributed by atoms with E-state index >= 15 is 0 Å². The lowest BCUT2D eigenvalue weighted by Gasteiger charge is -2.26. The highest BCUT2D eigenvalue weighted by Crippen LogP contribution is 2.29. The van der Waals surface area contributed by atoms with Crippen molar-refractivity contribution in [1.29, 1.82) is 0 Å². The number of rotatable bonds is 4. The number of nitrogens with zero attached hydrogens (tertiary/aromatic N) is 1. The minimum atomic E-state index is -3.53. The highest BCUT2D eigenvalue weighted by atomic mass is 32.2. The van der Waals surface area contributed by atoms with E-state index in [1.54, 1.807) is 18.2 Å². The molecule has 0 unspecified atom stereocenters. The second-order valence-corrected chi connectivity index (χ2v) is 8.84. The number of fused-ring (bicyclic) bond motifs is 1. The summed E-state index contributed by atoms with van der Waals surface area (Å²) in [6.45, 7) is 1.10. The van der Waals surface area contributed by atoms with Crippen molar-refractivity contribution >= 4 is 21.6 Å². The van der Waals surface area contributed by atoms with Crippen LogP contribution in [-0.2, 0) is 21.2 Å². The first-order chi connectivity index (χ1) is 13.0. The molecule has 1 saturated heterocycles. The van der Waals surface area contributed by atoms with E-state index in [2.05, 4.69) is 5.32 Å². The molecule has 2 aromatic rings. The van der Waals surface area contributed by atoms with Gasteiger partial charge in [0.15, 0.2) is 6.10 Å². The van der Waals surface area contributed by atoms with Crippen molar-refractivity contribution in [2.24, 2.45) is 0 Å². The lowest BCUT2D eigenvalue weighted by Crippen LogP contribution is -2.35. The Morgan fingerprint density at radius 2 is 1.81 bits per heavy atom. The summed E-state index contributed by atoms with van der Waals surface area (Å²) in [7, 11) is -3.53.